The van der Waals surface area contributed by atoms with Gasteiger partial charge in [0.05, 0.1) is 17.6 Å². The molecule has 0 atom stereocenters. The van der Waals surface area contributed by atoms with E-state index in [-0.39, 0.29) is 0 Å². The third kappa shape index (κ3) is 2.62. The minimum atomic E-state index is 0.678. The lowest BCUT2D eigenvalue weighted by atomic mass is 10.1. The van der Waals surface area contributed by atoms with Crippen LogP contribution in [0.5, 0.6) is 0 Å². The third-order valence-corrected chi connectivity index (χ3v) is 4.83. The predicted octanol–water partition coefficient (Wildman–Crippen LogP) is 4.76. The van der Waals surface area contributed by atoms with E-state index < -0.39 is 0 Å². The van der Waals surface area contributed by atoms with Crippen LogP contribution in [0, 0.1) is 0 Å². The molecule has 0 radical (unpaired) electrons. The molecule has 1 aromatic carbocycles. The minimum Gasteiger partial charge on any atom is -0.451 e. The van der Waals surface area contributed by atoms with E-state index >= 15 is 0 Å². The van der Waals surface area contributed by atoms with Crippen molar-refractivity contribution >= 4 is 28.1 Å². The van der Waals surface area contributed by atoms with Crippen molar-refractivity contribution in [3.8, 4) is 11.5 Å². The van der Waals surface area contributed by atoms with Crippen LogP contribution in [0.1, 0.15) is 17.5 Å². The van der Waals surface area contributed by atoms with E-state index in [4.69, 9.17) is 9.62 Å². The van der Waals surface area contributed by atoms with E-state index in [9.17, 15) is 0 Å². The molecule has 0 spiro atoms. The third-order valence-electron chi connectivity index (χ3n) is 4.83. The Kier molecular flexibility index (Phi) is 3.60. The molecule has 4 aromatic rings. The van der Waals surface area contributed by atoms with Crippen LogP contribution in [0.2, 0.25) is 0 Å². The van der Waals surface area contributed by atoms with Crippen molar-refractivity contribution < 1.29 is 9.62 Å². The normalized spacial score (nSPS) is 14.6. The lowest BCUT2D eigenvalue weighted by Gasteiger charge is -2.09. The van der Waals surface area contributed by atoms with E-state index in [1.165, 1.54) is 5.56 Å². The Hall–Kier alpha value is -3.67. The van der Waals surface area contributed by atoms with Crippen molar-refractivity contribution in [3.05, 3.63) is 72.2 Å². The largest absolute Gasteiger partial charge is 0.451 e. The molecule has 0 saturated heterocycles. The van der Waals surface area contributed by atoms with E-state index in [0.29, 0.717) is 11.3 Å². The van der Waals surface area contributed by atoms with Gasteiger partial charge in [0.15, 0.2) is 11.3 Å². The Morgan fingerprint density at radius 1 is 1.07 bits per heavy atom. The maximum Gasteiger partial charge on any atom is 0.177 e. The van der Waals surface area contributed by atoms with Gasteiger partial charge in [0.2, 0.25) is 0 Å². The summed E-state index contributed by atoms with van der Waals surface area (Å²) in [6, 6.07) is 13.7. The number of aryl methyl sites for hydroxylation is 1. The molecule has 1 aliphatic carbocycles. The smallest absolute Gasteiger partial charge is 0.177 e. The maximum absolute atomic E-state index is 9.12. The van der Waals surface area contributed by atoms with Crippen molar-refractivity contribution in [2.24, 2.45) is 5.16 Å². The number of rotatable bonds is 3. The average molecular weight is 356 g/mol. The number of anilines is 2. The van der Waals surface area contributed by atoms with Gasteiger partial charge in [-0.1, -0.05) is 17.3 Å². The summed E-state index contributed by atoms with van der Waals surface area (Å²) in [6.07, 6.45) is 6.83. The molecule has 6 nitrogen and oxygen atoms in total. The molecule has 0 amide bonds. The molecule has 0 bridgehead atoms. The number of oxime groups is 1. The number of hydrogen-bond donors (Lipinski definition) is 2. The van der Waals surface area contributed by atoms with Gasteiger partial charge in [-0.05, 0) is 48.7 Å². The Morgan fingerprint density at radius 2 is 2.04 bits per heavy atom. The topological polar surface area (TPSA) is 83.5 Å². The van der Waals surface area contributed by atoms with Crippen molar-refractivity contribution in [2.75, 3.05) is 5.32 Å². The Balaban J connectivity index is 1.61. The fourth-order valence-electron chi connectivity index (χ4n) is 3.55. The second kappa shape index (κ2) is 6.25. The van der Waals surface area contributed by atoms with Crippen molar-refractivity contribution in [1.29, 1.82) is 0 Å². The number of fused-ring (bicyclic) bond motifs is 2. The zero-order valence-electron chi connectivity index (χ0n) is 14.4. The van der Waals surface area contributed by atoms with Crippen LogP contribution >= 0.6 is 0 Å². The van der Waals surface area contributed by atoms with Gasteiger partial charge in [0.1, 0.15) is 5.69 Å². The first-order chi connectivity index (χ1) is 13.3. The first-order valence-corrected chi connectivity index (χ1v) is 8.72. The molecular weight excluding hydrogens is 340 g/mol. The number of furan rings is 1. The molecule has 3 heterocycles. The SMILES string of the molecule is O/N=C1/CCc2cc(Nc3c(-c4ccccn4)oc4cnccc34)ccc21. The maximum atomic E-state index is 9.12. The molecule has 0 fully saturated rings. The van der Waals surface area contributed by atoms with Crippen LogP contribution in [-0.4, -0.2) is 20.9 Å². The van der Waals surface area contributed by atoms with E-state index in [1.807, 2.05) is 36.4 Å². The second-order valence-electron chi connectivity index (χ2n) is 6.44. The summed E-state index contributed by atoms with van der Waals surface area (Å²) in [7, 11) is 0. The highest BCUT2D eigenvalue weighted by Crippen LogP contribution is 2.39. The Bertz CT molecular complexity index is 1170. The molecule has 2 N–H and O–H groups in total. The van der Waals surface area contributed by atoms with Gasteiger partial charge >= 0.3 is 0 Å². The van der Waals surface area contributed by atoms with Gasteiger partial charge in [-0.2, -0.15) is 0 Å². The average Bonchev–Trinajstić information content (AvgIpc) is 3.30. The predicted molar refractivity (Wildman–Crippen MR) is 104 cm³/mol. The standard InChI is InChI=1S/C21H16N4O2/c26-25-17-7-4-13-11-14(5-6-15(13)17)24-20-16-8-10-22-12-19(16)27-21(20)18-3-1-2-9-23-18/h1-3,5-6,8-12,24,26H,4,7H2/b25-17-. The molecular formula is C21H16N4O2. The van der Waals surface area contributed by atoms with Crippen LogP contribution in [-0.2, 0) is 6.42 Å². The number of hydrogen-bond acceptors (Lipinski definition) is 6. The number of benzene rings is 1. The highest BCUT2D eigenvalue weighted by molar-refractivity contribution is 6.05. The van der Waals surface area contributed by atoms with Gasteiger partial charge in [-0.3, -0.25) is 9.97 Å². The van der Waals surface area contributed by atoms with E-state index in [0.717, 1.165) is 46.6 Å². The molecule has 27 heavy (non-hydrogen) atoms. The number of nitrogens with zero attached hydrogens (tertiary/aromatic N) is 3. The molecule has 3 aromatic heterocycles. The monoisotopic (exact) mass is 356 g/mol. The van der Waals surface area contributed by atoms with Crippen LogP contribution < -0.4 is 5.32 Å². The fraction of sp³-hybridized carbons (Fsp3) is 0.0952. The number of pyridine rings is 2. The van der Waals surface area contributed by atoms with Crippen molar-refractivity contribution in [1.82, 2.24) is 9.97 Å². The Labute approximate surface area is 155 Å². The summed E-state index contributed by atoms with van der Waals surface area (Å²) in [5.74, 6) is 0.678. The molecule has 0 aliphatic heterocycles. The van der Waals surface area contributed by atoms with E-state index in [2.05, 4.69) is 26.5 Å². The lowest BCUT2D eigenvalue weighted by Crippen LogP contribution is -1.96. The zero-order valence-corrected chi connectivity index (χ0v) is 14.4. The first-order valence-electron chi connectivity index (χ1n) is 8.72. The second-order valence-corrected chi connectivity index (χ2v) is 6.44. The van der Waals surface area contributed by atoms with Crippen LogP contribution in [0.3, 0.4) is 0 Å². The van der Waals surface area contributed by atoms with Gasteiger partial charge in [0, 0.05) is 29.0 Å². The van der Waals surface area contributed by atoms with Crippen LogP contribution in [0.25, 0.3) is 22.4 Å². The summed E-state index contributed by atoms with van der Waals surface area (Å²) in [4.78, 5) is 8.58. The minimum absolute atomic E-state index is 0.678. The van der Waals surface area contributed by atoms with Gasteiger partial charge in [-0.15, -0.1) is 0 Å². The summed E-state index contributed by atoms with van der Waals surface area (Å²) in [5.41, 5.74) is 6.19. The van der Waals surface area contributed by atoms with Gasteiger partial charge in [0.25, 0.3) is 0 Å². The molecule has 6 heteroatoms. The first kappa shape index (κ1) is 15.6. The molecule has 132 valence electrons. The highest BCUT2D eigenvalue weighted by Gasteiger charge is 2.20. The quantitative estimate of drug-likeness (QED) is 0.408. The highest BCUT2D eigenvalue weighted by atomic mass is 16.4. The van der Waals surface area contributed by atoms with Crippen LogP contribution in [0.15, 0.2) is 70.6 Å². The fourth-order valence-corrected chi connectivity index (χ4v) is 3.55. The molecule has 1 aliphatic rings. The van der Waals surface area contributed by atoms with Crippen molar-refractivity contribution in [3.63, 3.8) is 0 Å². The lowest BCUT2D eigenvalue weighted by molar-refractivity contribution is 0.318. The summed E-state index contributed by atoms with van der Waals surface area (Å²) in [5, 5.41) is 17.0. The summed E-state index contributed by atoms with van der Waals surface area (Å²) < 4.78 is 6.04. The Morgan fingerprint density at radius 3 is 2.89 bits per heavy atom. The van der Waals surface area contributed by atoms with Crippen molar-refractivity contribution in [2.45, 2.75) is 12.8 Å². The van der Waals surface area contributed by atoms with E-state index in [1.54, 1.807) is 18.6 Å². The van der Waals surface area contributed by atoms with Gasteiger partial charge in [-0.25, -0.2) is 0 Å². The summed E-state index contributed by atoms with van der Waals surface area (Å²) in [6.45, 7) is 0. The number of aromatic nitrogens is 2. The summed E-state index contributed by atoms with van der Waals surface area (Å²) >= 11 is 0. The molecule has 5 rings (SSSR count). The number of nitrogens with one attached hydrogen (secondary N) is 1. The zero-order chi connectivity index (χ0) is 18.2. The molecule has 0 unspecified atom stereocenters. The van der Waals surface area contributed by atoms with Crippen LogP contribution in [0.4, 0.5) is 11.4 Å². The molecule has 0 saturated carbocycles. The van der Waals surface area contributed by atoms with Gasteiger partial charge < -0.3 is 14.9 Å².